The summed E-state index contributed by atoms with van der Waals surface area (Å²) in [7, 11) is 1.46. The van der Waals surface area contributed by atoms with Gasteiger partial charge in [0.2, 0.25) is 0 Å². The fourth-order valence-electron chi connectivity index (χ4n) is 2.08. The van der Waals surface area contributed by atoms with Crippen LogP contribution in [0.3, 0.4) is 0 Å². The van der Waals surface area contributed by atoms with E-state index in [1.807, 2.05) is 18.2 Å². The Morgan fingerprint density at radius 1 is 1.08 bits per heavy atom. The van der Waals surface area contributed by atoms with Gasteiger partial charge in [-0.05, 0) is 17.7 Å². The van der Waals surface area contributed by atoms with Gasteiger partial charge in [0.25, 0.3) is 5.91 Å². The second-order valence-corrected chi connectivity index (χ2v) is 4.89. The van der Waals surface area contributed by atoms with Crippen molar-refractivity contribution >= 4 is 18.1 Å². The Hall–Kier alpha value is -2.99. The van der Waals surface area contributed by atoms with E-state index < -0.39 is 18.0 Å². The molecule has 6 nitrogen and oxygen atoms in total. The van der Waals surface area contributed by atoms with E-state index in [2.05, 4.69) is 10.5 Å². The van der Waals surface area contributed by atoms with Crippen molar-refractivity contribution < 1.29 is 19.1 Å². The van der Waals surface area contributed by atoms with Crippen LogP contribution in [-0.4, -0.2) is 25.2 Å². The highest BCUT2D eigenvalue weighted by Gasteiger charge is 2.19. The van der Waals surface area contributed by atoms with Crippen LogP contribution in [0.4, 0.5) is 0 Å². The van der Waals surface area contributed by atoms with E-state index in [0.29, 0.717) is 11.3 Å². The van der Waals surface area contributed by atoms with Crippen LogP contribution in [0.2, 0.25) is 0 Å². The predicted octanol–water partition coefficient (Wildman–Crippen LogP) is 2.45. The molecular formula is C18H18N2O4. The molecule has 24 heavy (non-hydrogen) atoms. The minimum Gasteiger partial charge on any atom is -0.426 e. The number of esters is 1. The van der Waals surface area contributed by atoms with Gasteiger partial charge in [0.1, 0.15) is 5.75 Å². The van der Waals surface area contributed by atoms with Crippen molar-refractivity contribution in [2.24, 2.45) is 5.10 Å². The molecule has 124 valence electrons. The number of benzene rings is 2. The average molecular weight is 326 g/mol. The van der Waals surface area contributed by atoms with E-state index >= 15 is 0 Å². The Morgan fingerprint density at radius 3 is 2.42 bits per heavy atom. The second kappa shape index (κ2) is 8.59. The SMILES string of the molecule is CO[C@H](C(=O)N/N=C\c1ccccc1OC(C)=O)c1ccccc1. The maximum absolute atomic E-state index is 12.2. The quantitative estimate of drug-likeness (QED) is 0.383. The Bertz CT molecular complexity index is 729. The van der Waals surface area contributed by atoms with Crippen molar-refractivity contribution in [3.05, 3.63) is 65.7 Å². The molecule has 0 spiro atoms. The molecule has 0 saturated heterocycles. The van der Waals surface area contributed by atoms with Crippen LogP contribution in [-0.2, 0) is 14.3 Å². The third kappa shape index (κ3) is 4.76. The second-order valence-electron chi connectivity index (χ2n) is 4.89. The van der Waals surface area contributed by atoms with E-state index in [0.717, 1.165) is 5.56 Å². The zero-order valence-electron chi connectivity index (χ0n) is 13.4. The largest absolute Gasteiger partial charge is 0.426 e. The molecule has 0 saturated carbocycles. The lowest BCUT2D eigenvalue weighted by Crippen LogP contribution is -2.26. The summed E-state index contributed by atoms with van der Waals surface area (Å²) in [5, 5.41) is 3.91. The molecule has 0 radical (unpaired) electrons. The number of methoxy groups -OCH3 is 1. The first-order chi connectivity index (χ1) is 11.6. The van der Waals surface area contributed by atoms with E-state index in [4.69, 9.17) is 9.47 Å². The number of rotatable bonds is 6. The van der Waals surface area contributed by atoms with Gasteiger partial charge in [-0.15, -0.1) is 0 Å². The topological polar surface area (TPSA) is 77.0 Å². The number of nitrogens with one attached hydrogen (secondary N) is 1. The normalized spacial score (nSPS) is 11.9. The standard InChI is InChI=1S/C18H18N2O4/c1-13(21)24-16-11-7-6-10-15(16)12-19-20-18(22)17(23-2)14-8-4-3-5-9-14/h3-12,17H,1-2H3,(H,20,22)/b19-12-/t17-/m0/s1. The van der Waals surface area contributed by atoms with E-state index in [1.165, 1.54) is 20.2 Å². The highest BCUT2D eigenvalue weighted by Crippen LogP contribution is 2.17. The zero-order valence-corrected chi connectivity index (χ0v) is 13.4. The number of amides is 1. The van der Waals surface area contributed by atoms with Gasteiger partial charge in [0, 0.05) is 19.6 Å². The number of carbonyl (C=O) groups excluding carboxylic acids is 2. The number of para-hydroxylation sites is 1. The van der Waals surface area contributed by atoms with Gasteiger partial charge in [0.15, 0.2) is 6.10 Å². The molecule has 1 atom stereocenters. The molecule has 0 fully saturated rings. The maximum atomic E-state index is 12.2. The van der Waals surface area contributed by atoms with Crippen LogP contribution in [0.5, 0.6) is 5.75 Å². The summed E-state index contributed by atoms with van der Waals surface area (Å²) in [6.45, 7) is 1.32. The fraction of sp³-hybridized carbons (Fsp3) is 0.167. The molecule has 0 aliphatic heterocycles. The smallest absolute Gasteiger partial charge is 0.308 e. The van der Waals surface area contributed by atoms with E-state index in [9.17, 15) is 9.59 Å². The Balaban J connectivity index is 2.06. The number of nitrogens with zero attached hydrogens (tertiary/aromatic N) is 1. The zero-order chi connectivity index (χ0) is 17.4. The summed E-state index contributed by atoms with van der Waals surface area (Å²) >= 11 is 0. The third-order valence-corrected chi connectivity index (χ3v) is 3.13. The van der Waals surface area contributed by atoms with Crippen LogP contribution in [0.15, 0.2) is 59.7 Å². The Kier molecular flexibility index (Phi) is 6.22. The first-order valence-corrected chi connectivity index (χ1v) is 7.30. The predicted molar refractivity (Wildman–Crippen MR) is 89.7 cm³/mol. The highest BCUT2D eigenvalue weighted by atomic mass is 16.5. The van der Waals surface area contributed by atoms with Gasteiger partial charge in [-0.25, -0.2) is 5.43 Å². The van der Waals surface area contributed by atoms with Crippen LogP contribution in [0.25, 0.3) is 0 Å². The minimum absolute atomic E-state index is 0.370. The van der Waals surface area contributed by atoms with Crippen molar-refractivity contribution in [3.8, 4) is 5.75 Å². The molecule has 0 aliphatic rings. The third-order valence-electron chi connectivity index (χ3n) is 3.13. The molecule has 6 heteroatoms. The Morgan fingerprint density at radius 2 is 1.75 bits per heavy atom. The summed E-state index contributed by atoms with van der Waals surface area (Å²) in [5.41, 5.74) is 3.73. The molecule has 0 unspecified atom stereocenters. The van der Waals surface area contributed by atoms with Gasteiger partial charge in [-0.3, -0.25) is 9.59 Å². The highest BCUT2D eigenvalue weighted by molar-refractivity contribution is 5.87. The minimum atomic E-state index is -0.757. The number of hydrogen-bond acceptors (Lipinski definition) is 5. The molecule has 0 bridgehead atoms. The molecule has 1 amide bonds. The monoisotopic (exact) mass is 326 g/mol. The van der Waals surface area contributed by atoms with Gasteiger partial charge < -0.3 is 9.47 Å². The molecule has 2 aromatic carbocycles. The summed E-state index contributed by atoms with van der Waals surface area (Å²) in [6.07, 6.45) is 0.653. The lowest BCUT2D eigenvalue weighted by molar-refractivity contribution is -0.132. The van der Waals surface area contributed by atoms with Crippen molar-refractivity contribution in [1.29, 1.82) is 0 Å². The molecule has 2 rings (SSSR count). The van der Waals surface area contributed by atoms with E-state index in [1.54, 1.807) is 36.4 Å². The molecule has 2 aromatic rings. The summed E-state index contributed by atoms with van der Waals surface area (Å²) in [6, 6.07) is 16.0. The summed E-state index contributed by atoms with van der Waals surface area (Å²) < 4.78 is 10.3. The van der Waals surface area contributed by atoms with Crippen molar-refractivity contribution in [3.63, 3.8) is 0 Å². The lowest BCUT2D eigenvalue weighted by atomic mass is 10.1. The first kappa shape index (κ1) is 17.4. The molecule has 0 heterocycles. The van der Waals surface area contributed by atoms with Gasteiger partial charge >= 0.3 is 5.97 Å². The molecule has 1 N–H and O–H groups in total. The fourth-order valence-corrected chi connectivity index (χ4v) is 2.08. The average Bonchev–Trinajstić information content (AvgIpc) is 2.57. The van der Waals surface area contributed by atoms with Crippen molar-refractivity contribution in [2.75, 3.05) is 7.11 Å². The first-order valence-electron chi connectivity index (χ1n) is 7.30. The molecule has 0 aliphatic carbocycles. The number of carbonyl (C=O) groups is 2. The molecule has 0 aromatic heterocycles. The number of hydrazone groups is 1. The number of ether oxygens (including phenoxy) is 2. The van der Waals surface area contributed by atoms with Crippen molar-refractivity contribution in [1.82, 2.24) is 5.43 Å². The lowest BCUT2D eigenvalue weighted by Gasteiger charge is -2.13. The van der Waals surface area contributed by atoms with Crippen molar-refractivity contribution in [2.45, 2.75) is 13.0 Å². The maximum Gasteiger partial charge on any atom is 0.308 e. The van der Waals surface area contributed by atoms with Gasteiger partial charge in [0.05, 0.1) is 6.21 Å². The van der Waals surface area contributed by atoms with Crippen LogP contribution in [0, 0.1) is 0 Å². The number of hydrogen-bond donors (Lipinski definition) is 1. The van der Waals surface area contributed by atoms with E-state index in [-0.39, 0.29) is 0 Å². The summed E-state index contributed by atoms with van der Waals surface area (Å²) in [4.78, 5) is 23.3. The molecular weight excluding hydrogens is 308 g/mol. The van der Waals surface area contributed by atoms with Crippen LogP contribution < -0.4 is 10.2 Å². The van der Waals surface area contributed by atoms with Gasteiger partial charge in [-0.2, -0.15) is 5.10 Å². The summed E-state index contributed by atoms with van der Waals surface area (Å²) in [5.74, 6) is -0.456. The van der Waals surface area contributed by atoms with Crippen LogP contribution >= 0.6 is 0 Å². The van der Waals surface area contributed by atoms with Crippen LogP contribution in [0.1, 0.15) is 24.2 Å². The van der Waals surface area contributed by atoms with Gasteiger partial charge in [-0.1, -0.05) is 42.5 Å². The Labute approximate surface area is 140 Å².